The molecule has 128 valence electrons. The van der Waals surface area contributed by atoms with Crippen LogP contribution in [-0.2, 0) is 14.3 Å². The lowest BCUT2D eigenvalue weighted by atomic mass is 9.89. The second-order valence-corrected chi connectivity index (χ2v) is 5.90. The molecule has 0 saturated heterocycles. The largest absolute Gasteiger partial charge is 0.500 e. The van der Waals surface area contributed by atoms with Crippen molar-refractivity contribution in [1.29, 1.82) is 0 Å². The third-order valence-corrected chi connectivity index (χ3v) is 4.05. The first-order chi connectivity index (χ1) is 11.6. The molecule has 1 saturated carbocycles. The molecule has 1 aromatic carbocycles. The maximum absolute atomic E-state index is 11.7. The van der Waals surface area contributed by atoms with Crippen molar-refractivity contribution in [1.82, 2.24) is 0 Å². The van der Waals surface area contributed by atoms with Gasteiger partial charge in [0.1, 0.15) is 12.0 Å². The number of carbonyl (C=O) groups is 1. The minimum Gasteiger partial charge on any atom is -0.500 e. The summed E-state index contributed by atoms with van der Waals surface area (Å²) in [6.07, 6.45) is 7.46. The zero-order valence-electron chi connectivity index (χ0n) is 14.6. The molecule has 0 unspecified atom stereocenters. The van der Waals surface area contributed by atoms with E-state index in [2.05, 4.69) is 11.8 Å². The number of carbonyl (C=O) groups excluding carboxylic acids is 1. The van der Waals surface area contributed by atoms with E-state index >= 15 is 0 Å². The van der Waals surface area contributed by atoms with Crippen LogP contribution in [0.3, 0.4) is 0 Å². The quantitative estimate of drug-likeness (QED) is 0.363. The van der Waals surface area contributed by atoms with Gasteiger partial charge in [-0.25, -0.2) is 4.79 Å². The highest BCUT2D eigenvalue weighted by molar-refractivity contribution is 5.86. The molecule has 1 fully saturated rings. The summed E-state index contributed by atoms with van der Waals surface area (Å²) in [5.41, 5.74) is 1.78. The highest BCUT2D eigenvalue weighted by atomic mass is 16.6. The summed E-state index contributed by atoms with van der Waals surface area (Å²) in [6.45, 7) is 1.91. The summed E-state index contributed by atoms with van der Waals surface area (Å²) in [6, 6.07) is 5.75. The van der Waals surface area contributed by atoms with Crippen LogP contribution < -0.4 is 4.74 Å². The van der Waals surface area contributed by atoms with Gasteiger partial charge >= 0.3 is 5.97 Å². The van der Waals surface area contributed by atoms with Gasteiger partial charge in [0.2, 0.25) is 5.76 Å². The Kier molecular flexibility index (Phi) is 6.74. The van der Waals surface area contributed by atoms with Crippen molar-refractivity contribution in [2.75, 3.05) is 14.2 Å². The third kappa shape index (κ3) is 5.06. The number of methoxy groups -OCH3 is 2. The van der Waals surface area contributed by atoms with Gasteiger partial charge in [0, 0.05) is 11.5 Å². The molecule has 1 aliphatic carbocycles. The van der Waals surface area contributed by atoms with Gasteiger partial charge in [0.15, 0.2) is 0 Å². The molecule has 1 aromatic rings. The average molecular weight is 328 g/mol. The molecule has 0 amide bonds. The molecule has 0 N–H and O–H groups in total. The summed E-state index contributed by atoms with van der Waals surface area (Å²) in [4.78, 5) is 11.7. The SMILES string of the molecule is CO/C=C(\Oc1cc(C#CC2CCCCC2)ccc1C)C(=O)OC. The van der Waals surface area contributed by atoms with Gasteiger partial charge in [0.25, 0.3) is 0 Å². The molecule has 0 aromatic heterocycles. The minimum atomic E-state index is -0.588. The third-order valence-electron chi connectivity index (χ3n) is 4.05. The minimum absolute atomic E-state index is 0.000453. The number of aryl methyl sites for hydroxylation is 1. The van der Waals surface area contributed by atoms with Crippen molar-refractivity contribution in [3.63, 3.8) is 0 Å². The Morgan fingerprint density at radius 1 is 1.21 bits per heavy atom. The Balaban J connectivity index is 2.17. The van der Waals surface area contributed by atoms with E-state index in [4.69, 9.17) is 14.2 Å². The monoisotopic (exact) mass is 328 g/mol. The van der Waals surface area contributed by atoms with Crippen molar-refractivity contribution < 1.29 is 19.0 Å². The highest BCUT2D eigenvalue weighted by Gasteiger charge is 2.15. The molecule has 0 atom stereocenters. The predicted molar refractivity (Wildman–Crippen MR) is 92.4 cm³/mol. The number of rotatable bonds is 4. The summed E-state index contributed by atoms with van der Waals surface area (Å²) in [7, 11) is 2.75. The van der Waals surface area contributed by atoms with Crippen LogP contribution in [0.1, 0.15) is 43.2 Å². The molecule has 4 heteroatoms. The second-order valence-electron chi connectivity index (χ2n) is 5.90. The van der Waals surface area contributed by atoms with Crippen LogP contribution in [0.2, 0.25) is 0 Å². The van der Waals surface area contributed by atoms with E-state index in [9.17, 15) is 4.79 Å². The van der Waals surface area contributed by atoms with Crippen LogP contribution in [0.4, 0.5) is 0 Å². The second kappa shape index (κ2) is 9.02. The van der Waals surface area contributed by atoms with Crippen molar-refractivity contribution in [3.8, 4) is 17.6 Å². The molecule has 0 radical (unpaired) electrons. The zero-order valence-corrected chi connectivity index (χ0v) is 14.6. The lowest BCUT2D eigenvalue weighted by molar-refractivity contribution is -0.138. The van der Waals surface area contributed by atoms with E-state index < -0.39 is 5.97 Å². The number of hydrogen-bond donors (Lipinski definition) is 0. The van der Waals surface area contributed by atoms with E-state index in [-0.39, 0.29) is 5.76 Å². The number of hydrogen-bond acceptors (Lipinski definition) is 4. The van der Waals surface area contributed by atoms with Crippen LogP contribution in [-0.4, -0.2) is 20.2 Å². The summed E-state index contributed by atoms with van der Waals surface area (Å²) < 4.78 is 15.2. The van der Waals surface area contributed by atoms with E-state index in [1.807, 2.05) is 25.1 Å². The lowest BCUT2D eigenvalue weighted by Crippen LogP contribution is -2.11. The van der Waals surface area contributed by atoms with Crippen molar-refractivity contribution >= 4 is 5.97 Å². The van der Waals surface area contributed by atoms with Gasteiger partial charge in [-0.15, -0.1) is 0 Å². The van der Waals surface area contributed by atoms with E-state index in [0.717, 1.165) is 11.1 Å². The first-order valence-corrected chi connectivity index (χ1v) is 8.25. The Bertz CT molecular complexity index is 658. The normalized spacial score (nSPS) is 15.2. The maximum atomic E-state index is 11.7. The fourth-order valence-corrected chi connectivity index (χ4v) is 2.66. The molecule has 0 spiro atoms. The Hall–Kier alpha value is -2.41. The van der Waals surface area contributed by atoms with Crippen LogP contribution >= 0.6 is 0 Å². The maximum Gasteiger partial charge on any atom is 0.377 e. The van der Waals surface area contributed by atoms with Gasteiger partial charge in [-0.05, 0) is 37.5 Å². The van der Waals surface area contributed by atoms with Crippen LogP contribution in [0, 0.1) is 24.7 Å². The molecular formula is C20H24O4. The molecule has 4 nitrogen and oxygen atoms in total. The molecule has 1 aliphatic rings. The van der Waals surface area contributed by atoms with Gasteiger partial charge in [0.05, 0.1) is 14.2 Å². The van der Waals surface area contributed by atoms with E-state index in [0.29, 0.717) is 11.7 Å². The van der Waals surface area contributed by atoms with Crippen molar-refractivity contribution in [2.24, 2.45) is 5.92 Å². The molecule has 2 rings (SSSR count). The summed E-state index contributed by atoms with van der Waals surface area (Å²) >= 11 is 0. The van der Waals surface area contributed by atoms with Gasteiger partial charge in [-0.2, -0.15) is 0 Å². The average Bonchev–Trinajstić information content (AvgIpc) is 2.62. The van der Waals surface area contributed by atoms with Gasteiger partial charge < -0.3 is 14.2 Å². The number of esters is 1. The van der Waals surface area contributed by atoms with Crippen LogP contribution in [0.5, 0.6) is 5.75 Å². The van der Waals surface area contributed by atoms with Crippen molar-refractivity contribution in [2.45, 2.75) is 39.0 Å². The molecular weight excluding hydrogens is 304 g/mol. The summed E-state index contributed by atoms with van der Waals surface area (Å²) in [5.74, 6) is 7.06. The number of benzene rings is 1. The Labute approximate surface area is 143 Å². The lowest BCUT2D eigenvalue weighted by Gasteiger charge is -2.15. The first kappa shape index (κ1) is 17.9. The molecule has 24 heavy (non-hydrogen) atoms. The van der Waals surface area contributed by atoms with E-state index in [1.165, 1.54) is 52.6 Å². The van der Waals surface area contributed by atoms with Crippen LogP contribution in [0.15, 0.2) is 30.2 Å². The predicted octanol–water partition coefficient (Wildman–Crippen LogP) is 3.97. The Morgan fingerprint density at radius 2 is 1.96 bits per heavy atom. The standard InChI is InChI=1S/C20H24O4/c1-15-9-10-17(12-11-16-7-5-4-6-8-16)13-18(15)24-19(14-22-2)20(21)23-3/h9-10,13-14,16H,4-8H2,1-3H3/b19-14-. The Morgan fingerprint density at radius 3 is 2.62 bits per heavy atom. The first-order valence-electron chi connectivity index (χ1n) is 8.25. The van der Waals surface area contributed by atoms with Gasteiger partial charge in [-0.3, -0.25) is 0 Å². The van der Waals surface area contributed by atoms with Crippen LogP contribution in [0.25, 0.3) is 0 Å². The number of ether oxygens (including phenoxy) is 3. The highest BCUT2D eigenvalue weighted by Crippen LogP contribution is 2.24. The fraction of sp³-hybridized carbons (Fsp3) is 0.450. The zero-order chi connectivity index (χ0) is 17.4. The molecule has 0 bridgehead atoms. The van der Waals surface area contributed by atoms with Crippen molar-refractivity contribution in [3.05, 3.63) is 41.3 Å². The van der Waals surface area contributed by atoms with Gasteiger partial charge in [-0.1, -0.05) is 37.2 Å². The van der Waals surface area contributed by atoms with E-state index in [1.54, 1.807) is 0 Å². The molecule has 0 aliphatic heterocycles. The fourth-order valence-electron chi connectivity index (χ4n) is 2.66. The topological polar surface area (TPSA) is 44.8 Å². The molecule has 0 heterocycles. The summed E-state index contributed by atoms with van der Waals surface area (Å²) in [5, 5.41) is 0. The smallest absolute Gasteiger partial charge is 0.377 e.